The first-order valence-electron chi connectivity index (χ1n) is 10.2. The first-order valence-corrected chi connectivity index (χ1v) is 10.2. The van der Waals surface area contributed by atoms with Crippen LogP contribution in [0.4, 0.5) is 8.78 Å². The summed E-state index contributed by atoms with van der Waals surface area (Å²) in [7, 11) is 0. The number of hydrogen-bond acceptors (Lipinski definition) is 4. The predicted molar refractivity (Wildman–Crippen MR) is 103 cm³/mol. The van der Waals surface area contributed by atoms with E-state index in [9.17, 15) is 13.9 Å². The van der Waals surface area contributed by atoms with Gasteiger partial charge in [0, 0.05) is 30.8 Å². The average molecular weight is 390 g/mol. The summed E-state index contributed by atoms with van der Waals surface area (Å²) in [5.41, 5.74) is 0.975. The zero-order chi connectivity index (χ0) is 19.7. The largest absolute Gasteiger partial charge is 0.392 e. The number of benzene rings is 1. The molecule has 1 heterocycles. The van der Waals surface area contributed by atoms with Crippen LogP contribution in [0.1, 0.15) is 62.5 Å². The minimum absolute atomic E-state index is 0.0479. The molecule has 0 amide bonds. The van der Waals surface area contributed by atoms with Crippen molar-refractivity contribution in [3.8, 4) is 5.69 Å². The van der Waals surface area contributed by atoms with Gasteiger partial charge in [-0.3, -0.25) is 0 Å². The first kappa shape index (κ1) is 19.5. The molecule has 0 bridgehead atoms. The standard InChI is InChI=1S/C21H28F2N4O/c1-14-24-20(27(26-14)17-5-3-2-4-6-17)15-7-8-19(28)18(13-15)25-16-9-11-21(22,23)12-10-16/h2-6,15-16,18-19,25,28H,7-13H2,1H3/t15-,18+,19+/m0/s1. The van der Waals surface area contributed by atoms with Gasteiger partial charge in [0.2, 0.25) is 5.92 Å². The molecule has 2 saturated carbocycles. The fourth-order valence-corrected chi connectivity index (χ4v) is 4.53. The second-order valence-corrected chi connectivity index (χ2v) is 8.25. The molecule has 0 radical (unpaired) electrons. The van der Waals surface area contributed by atoms with Gasteiger partial charge in [-0.1, -0.05) is 18.2 Å². The Morgan fingerprint density at radius 3 is 2.54 bits per heavy atom. The summed E-state index contributed by atoms with van der Waals surface area (Å²) >= 11 is 0. The van der Waals surface area contributed by atoms with Crippen molar-refractivity contribution in [1.82, 2.24) is 20.1 Å². The number of rotatable bonds is 4. The van der Waals surface area contributed by atoms with Gasteiger partial charge < -0.3 is 10.4 Å². The predicted octanol–water partition coefficient (Wildman–Crippen LogP) is 3.74. The number of para-hydroxylation sites is 1. The molecular weight excluding hydrogens is 362 g/mol. The number of nitrogens with one attached hydrogen (secondary N) is 1. The van der Waals surface area contributed by atoms with Crippen LogP contribution in [-0.2, 0) is 0 Å². The highest BCUT2D eigenvalue weighted by molar-refractivity contribution is 5.32. The molecule has 3 atom stereocenters. The van der Waals surface area contributed by atoms with Crippen molar-refractivity contribution in [2.24, 2.45) is 0 Å². The van der Waals surface area contributed by atoms with Crippen LogP contribution in [0.2, 0.25) is 0 Å². The molecular formula is C21H28F2N4O. The van der Waals surface area contributed by atoms with Crippen LogP contribution < -0.4 is 5.32 Å². The number of alkyl halides is 2. The van der Waals surface area contributed by atoms with Crippen molar-refractivity contribution in [1.29, 1.82) is 0 Å². The Morgan fingerprint density at radius 2 is 1.82 bits per heavy atom. The summed E-state index contributed by atoms with van der Waals surface area (Å²) in [4.78, 5) is 4.68. The Morgan fingerprint density at radius 1 is 1.11 bits per heavy atom. The van der Waals surface area contributed by atoms with E-state index in [1.165, 1.54) is 0 Å². The van der Waals surface area contributed by atoms with Crippen molar-refractivity contribution in [2.75, 3.05) is 0 Å². The molecule has 5 nitrogen and oxygen atoms in total. The molecule has 2 aliphatic rings. The smallest absolute Gasteiger partial charge is 0.248 e. The summed E-state index contributed by atoms with van der Waals surface area (Å²) in [6.07, 6.45) is 2.57. The van der Waals surface area contributed by atoms with E-state index in [4.69, 9.17) is 0 Å². The molecule has 1 aromatic heterocycles. The number of aryl methyl sites for hydroxylation is 1. The van der Waals surface area contributed by atoms with E-state index in [0.29, 0.717) is 19.3 Å². The van der Waals surface area contributed by atoms with E-state index in [1.807, 2.05) is 41.9 Å². The summed E-state index contributed by atoms with van der Waals surface area (Å²) in [6, 6.07) is 9.88. The quantitative estimate of drug-likeness (QED) is 0.835. The van der Waals surface area contributed by atoms with Gasteiger partial charge >= 0.3 is 0 Å². The number of aliphatic hydroxyl groups is 1. The third-order valence-corrected chi connectivity index (χ3v) is 6.08. The van der Waals surface area contributed by atoms with Gasteiger partial charge in [0.1, 0.15) is 11.6 Å². The third kappa shape index (κ3) is 4.25. The Hall–Kier alpha value is -1.86. The monoisotopic (exact) mass is 390 g/mol. The van der Waals surface area contributed by atoms with Crippen molar-refractivity contribution in [2.45, 2.75) is 81.9 Å². The number of hydrogen-bond donors (Lipinski definition) is 2. The zero-order valence-electron chi connectivity index (χ0n) is 16.2. The normalized spacial score (nSPS) is 28.4. The second kappa shape index (κ2) is 7.87. The molecule has 152 valence electrons. The Kier molecular flexibility index (Phi) is 5.47. The molecule has 2 aromatic rings. The highest BCUT2D eigenvalue weighted by Gasteiger charge is 2.38. The van der Waals surface area contributed by atoms with E-state index in [1.54, 1.807) is 0 Å². The van der Waals surface area contributed by atoms with Crippen molar-refractivity contribution in [3.05, 3.63) is 42.0 Å². The van der Waals surface area contributed by atoms with Crippen LogP contribution in [0.3, 0.4) is 0 Å². The molecule has 0 saturated heterocycles. The van der Waals surface area contributed by atoms with E-state index in [2.05, 4.69) is 15.4 Å². The van der Waals surface area contributed by atoms with Gasteiger partial charge in [-0.25, -0.2) is 18.4 Å². The Balaban J connectivity index is 1.48. The van der Waals surface area contributed by atoms with Crippen LogP contribution in [0.15, 0.2) is 30.3 Å². The van der Waals surface area contributed by atoms with Crippen molar-refractivity contribution in [3.63, 3.8) is 0 Å². The lowest BCUT2D eigenvalue weighted by Gasteiger charge is -2.38. The van der Waals surface area contributed by atoms with Crippen LogP contribution >= 0.6 is 0 Å². The lowest BCUT2D eigenvalue weighted by Crippen LogP contribution is -2.50. The van der Waals surface area contributed by atoms with E-state index < -0.39 is 12.0 Å². The summed E-state index contributed by atoms with van der Waals surface area (Å²) in [6.45, 7) is 1.89. The minimum atomic E-state index is -2.53. The number of aliphatic hydroxyl groups excluding tert-OH is 1. The summed E-state index contributed by atoms with van der Waals surface area (Å²) in [5, 5.41) is 18.5. The maximum atomic E-state index is 13.4. The fraction of sp³-hybridized carbons (Fsp3) is 0.619. The summed E-state index contributed by atoms with van der Waals surface area (Å²) in [5.74, 6) is -0.718. The van der Waals surface area contributed by atoms with Crippen LogP contribution in [0.5, 0.6) is 0 Å². The number of aromatic nitrogens is 3. The number of halogens is 2. The van der Waals surface area contributed by atoms with E-state index in [0.717, 1.165) is 30.2 Å². The highest BCUT2D eigenvalue weighted by Crippen LogP contribution is 2.36. The molecule has 2 aliphatic carbocycles. The van der Waals surface area contributed by atoms with Gasteiger partial charge in [0.25, 0.3) is 0 Å². The van der Waals surface area contributed by atoms with Crippen molar-refractivity contribution < 1.29 is 13.9 Å². The lowest BCUT2D eigenvalue weighted by atomic mass is 9.82. The minimum Gasteiger partial charge on any atom is -0.392 e. The van der Waals surface area contributed by atoms with Crippen LogP contribution in [0, 0.1) is 6.92 Å². The summed E-state index contributed by atoms with van der Waals surface area (Å²) < 4.78 is 28.8. The van der Waals surface area contributed by atoms with Crippen LogP contribution in [-0.4, -0.2) is 44.0 Å². The molecule has 7 heteroatoms. The lowest BCUT2D eigenvalue weighted by molar-refractivity contribution is -0.0437. The third-order valence-electron chi connectivity index (χ3n) is 6.08. The first-order chi connectivity index (χ1) is 13.4. The fourth-order valence-electron chi connectivity index (χ4n) is 4.53. The molecule has 28 heavy (non-hydrogen) atoms. The van der Waals surface area contributed by atoms with Gasteiger partial charge in [-0.05, 0) is 51.2 Å². The van der Waals surface area contributed by atoms with E-state index >= 15 is 0 Å². The van der Waals surface area contributed by atoms with Crippen LogP contribution in [0.25, 0.3) is 5.69 Å². The highest BCUT2D eigenvalue weighted by atomic mass is 19.3. The molecule has 1 aromatic carbocycles. The zero-order valence-corrected chi connectivity index (χ0v) is 16.2. The molecule has 0 unspecified atom stereocenters. The van der Waals surface area contributed by atoms with Gasteiger partial charge in [0.05, 0.1) is 11.8 Å². The molecule has 2 N–H and O–H groups in total. The average Bonchev–Trinajstić information content (AvgIpc) is 3.07. The number of nitrogens with zero attached hydrogens (tertiary/aromatic N) is 3. The SMILES string of the molecule is Cc1nc([C@H]2CC[C@@H](O)[C@H](NC3CCC(F)(F)CC3)C2)n(-c2ccccc2)n1. The molecule has 2 fully saturated rings. The van der Waals surface area contributed by atoms with E-state index in [-0.39, 0.29) is 30.8 Å². The second-order valence-electron chi connectivity index (χ2n) is 8.25. The van der Waals surface area contributed by atoms with Gasteiger partial charge in [0.15, 0.2) is 0 Å². The Bertz CT molecular complexity index is 785. The molecule has 4 rings (SSSR count). The Labute approximate surface area is 164 Å². The topological polar surface area (TPSA) is 63.0 Å². The van der Waals surface area contributed by atoms with Gasteiger partial charge in [-0.2, -0.15) is 5.10 Å². The maximum Gasteiger partial charge on any atom is 0.248 e. The maximum absolute atomic E-state index is 13.4. The van der Waals surface area contributed by atoms with Crippen molar-refractivity contribution >= 4 is 0 Å². The molecule has 0 aliphatic heterocycles. The molecule has 0 spiro atoms. The van der Waals surface area contributed by atoms with Gasteiger partial charge in [-0.15, -0.1) is 0 Å².